The van der Waals surface area contributed by atoms with Gasteiger partial charge in [-0.1, -0.05) is 11.6 Å². The minimum atomic E-state index is -2.82. The highest BCUT2D eigenvalue weighted by molar-refractivity contribution is 6.29. The van der Waals surface area contributed by atoms with Gasteiger partial charge in [-0.05, 0) is 6.07 Å². The minimum absolute atomic E-state index is 0.118. The molecule has 12 heavy (non-hydrogen) atoms. The molecule has 1 heterocycles. The van der Waals surface area contributed by atoms with Crippen molar-refractivity contribution >= 4 is 11.6 Å². The van der Waals surface area contributed by atoms with E-state index in [1.807, 2.05) is 0 Å². The van der Waals surface area contributed by atoms with Crippen molar-refractivity contribution in [3.63, 3.8) is 0 Å². The molecule has 1 rings (SSSR count). The van der Waals surface area contributed by atoms with Crippen molar-refractivity contribution in [3.05, 3.63) is 27.1 Å². The van der Waals surface area contributed by atoms with Crippen LogP contribution in [-0.4, -0.2) is 9.78 Å². The van der Waals surface area contributed by atoms with E-state index >= 15 is 0 Å². The average molecular weight is 195 g/mol. The molecule has 0 aliphatic carbocycles. The number of aryl methyl sites for hydroxylation is 1. The summed E-state index contributed by atoms with van der Waals surface area (Å²) in [6.45, 7) is 0. The van der Waals surface area contributed by atoms with Crippen molar-refractivity contribution in [2.75, 3.05) is 0 Å². The van der Waals surface area contributed by atoms with E-state index in [2.05, 4.69) is 5.10 Å². The summed E-state index contributed by atoms with van der Waals surface area (Å²) in [7, 11) is 1.26. The molecule has 0 radical (unpaired) electrons. The Morgan fingerprint density at radius 2 is 2.25 bits per heavy atom. The molecule has 0 N–H and O–H groups in total. The molecule has 0 spiro atoms. The summed E-state index contributed by atoms with van der Waals surface area (Å²) in [5.74, 6) is 0. The van der Waals surface area contributed by atoms with E-state index in [0.29, 0.717) is 0 Å². The van der Waals surface area contributed by atoms with Crippen molar-refractivity contribution in [2.24, 2.45) is 7.05 Å². The van der Waals surface area contributed by atoms with Gasteiger partial charge in [-0.3, -0.25) is 4.79 Å². The topological polar surface area (TPSA) is 34.9 Å². The Hall–Kier alpha value is -0.970. The molecule has 0 fully saturated rings. The maximum Gasteiger partial charge on any atom is 0.275 e. The second-order valence-corrected chi connectivity index (χ2v) is 2.54. The first-order chi connectivity index (χ1) is 5.52. The summed E-state index contributed by atoms with van der Waals surface area (Å²) >= 11 is 5.36. The Balaban J connectivity index is 3.38. The molecule has 3 nitrogen and oxygen atoms in total. The minimum Gasteiger partial charge on any atom is -0.267 e. The monoisotopic (exact) mass is 194 g/mol. The molecule has 0 aliphatic rings. The van der Waals surface area contributed by atoms with Crippen LogP contribution in [0.3, 0.4) is 0 Å². The molecule has 0 saturated carbocycles. The highest BCUT2D eigenvalue weighted by atomic mass is 35.5. The van der Waals surface area contributed by atoms with Crippen molar-refractivity contribution in [3.8, 4) is 0 Å². The lowest BCUT2D eigenvalue weighted by atomic mass is 10.3. The Morgan fingerprint density at radius 1 is 1.67 bits per heavy atom. The number of alkyl halides is 2. The van der Waals surface area contributed by atoms with Gasteiger partial charge in [-0.15, -0.1) is 0 Å². The van der Waals surface area contributed by atoms with Gasteiger partial charge in [0.15, 0.2) is 0 Å². The lowest BCUT2D eigenvalue weighted by molar-refractivity contribution is 0.148. The van der Waals surface area contributed by atoms with Crippen LogP contribution in [0.25, 0.3) is 0 Å². The highest BCUT2D eigenvalue weighted by Gasteiger charge is 2.14. The summed E-state index contributed by atoms with van der Waals surface area (Å²) in [5.41, 5.74) is -1.45. The third-order valence-electron chi connectivity index (χ3n) is 1.30. The Kier molecular flexibility index (Phi) is 2.42. The number of halogens is 3. The Bertz CT molecular complexity index is 350. The van der Waals surface area contributed by atoms with Gasteiger partial charge in [0, 0.05) is 7.05 Å². The zero-order valence-electron chi connectivity index (χ0n) is 6.09. The van der Waals surface area contributed by atoms with E-state index in [-0.39, 0.29) is 5.15 Å². The van der Waals surface area contributed by atoms with Gasteiger partial charge >= 0.3 is 0 Å². The molecular weight excluding hydrogens is 190 g/mol. The van der Waals surface area contributed by atoms with E-state index in [0.717, 1.165) is 10.7 Å². The molecule has 1 aromatic rings. The number of hydrogen-bond acceptors (Lipinski definition) is 2. The second kappa shape index (κ2) is 3.18. The first kappa shape index (κ1) is 9.12. The van der Waals surface area contributed by atoms with Gasteiger partial charge in [0.2, 0.25) is 0 Å². The van der Waals surface area contributed by atoms with Crippen LogP contribution >= 0.6 is 11.6 Å². The van der Waals surface area contributed by atoms with Crippen LogP contribution in [0.4, 0.5) is 8.78 Å². The van der Waals surface area contributed by atoms with Gasteiger partial charge in [0.05, 0.1) is 5.56 Å². The lowest BCUT2D eigenvalue weighted by Crippen LogP contribution is -2.23. The largest absolute Gasteiger partial charge is 0.275 e. The summed E-state index contributed by atoms with van der Waals surface area (Å²) < 4.78 is 25.0. The Labute approximate surface area is 71.6 Å². The van der Waals surface area contributed by atoms with E-state index < -0.39 is 17.5 Å². The predicted octanol–water partition coefficient (Wildman–Crippen LogP) is 1.37. The number of rotatable bonds is 1. The van der Waals surface area contributed by atoms with E-state index in [1.165, 1.54) is 7.05 Å². The van der Waals surface area contributed by atoms with Gasteiger partial charge in [-0.2, -0.15) is 5.10 Å². The molecule has 0 aliphatic heterocycles. The molecule has 0 bridgehead atoms. The molecule has 0 saturated heterocycles. The van der Waals surface area contributed by atoms with Crippen LogP contribution in [-0.2, 0) is 7.05 Å². The maximum atomic E-state index is 12.1. The van der Waals surface area contributed by atoms with Crippen molar-refractivity contribution < 1.29 is 8.78 Å². The fourth-order valence-corrected chi connectivity index (χ4v) is 0.982. The molecule has 0 aromatic carbocycles. The van der Waals surface area contributed by atoms with Crippen LogP contribution in [0.15, 0.2) is 10.9 Å². The first-order valence-electron chi connectivity index (χ1n) is 3.04. The normalized spacial score (nSPS) is 10.8. The zero-order valence-corrected chi connectivity index (χ0v) is 6.85. The molecule has 6 heteroatoms. The maximum absolute atomic E-state index is 12.1. The SMILES string of the molecule is Cn1nc(Cl)cc(C(F)F)c1=O. The molecular formula is C6H5ClF2N2O. The van der Waals surface area contributed by atoms with Crippen molar-refractivity contribution in [1.29, 1.82) is 0 Å². The summed E-state index contributed by atoms with van der Waals surface area (Å²) in [6.07, 6.45) is -2.82. The van der Waals surface area contributed by atoms with Gasteiger partial charge in [0.25, 0.3) is 12.0 Å². The van der Waals surface area contributed by atoms with Crippen LogP contribution in [0.2, 0.25) is 5.15 Å². The third-order valence-corrected chi connectivity index (χ3v) is 1.48. The van der Waals surface area contributed by atoms with Gasteiger partial charge in [-0.25, -0.2) is 13.5 Å². The van der Waals surface area contributed by atoms with Crippen molar-refractivity contribution in [2.45, 2.75) is 6.43 Å². The number of nitrogens with zero attached hydrogens (tertiary/aromatic N) is 2. The van der Waals surface area contributed by atoms with Crippen molar-refractivity contribution in [1.82, 2.24) is 9.78 Å². The highest BCUT2D eigenvalue weighted by Crippen LogP contribution is 2.16. The fraction of sp³-hybridized carbons (Fsp3) is 0.333. The number of hydrogen-bond donors (Lipinski definition) is 0. The third kappa shape index (κ3) is 1.61. The molecule has 0 unspecified atom stereocenters. The van der Waals surface area contributed by atoms with Crippen LogP contribution in [0, 0.1) is 0 Å². The smallest absolute Gasteiger partial charge is 0.267 e. The molecule has 0 atom stereocenters. The standard InChI is InChI=1S/C6H5ClF2N2O/c1-11-6(12)3(5(8)9)2-4(7)10-11/h2,5H,1H3. The van der Waals surface area contributed by atoms with Gasteiger partial charge < -0.3 is 0 Å². The quantitative estimate of drug-likeness (QED) is 0.677. The lowest BCUT2D eigenvalue weighted by Gasteiger charge is -2.01. The van der Waals surface area contributed by atoms with E-state index in [9.17, 15) is 13.6 Å². The fourth-order valence-electron chi connectivity index (χ4n) is 0.751. The summed E-state index contributed by atoms with van der Waals surface area (Å²) in [6, 6.07) is 0.870. The Morgan fingerprint density at radius 3 is 2.75 bits per heavy atom. The van der Waals surface area contributed by atoms with Crippen LogP contribution < -0.4 is 5.56 Å². The molecule has 0 amide bonds. The molecule has 66 valence electrons. The first-order valence-corrected chi connectivity index (χ1v) is 3.42. The van der Waals surface area contributed by atoms with E-state index in [1.54, 1.807) is 0 Å². The average Bonchev–Trinajstić information content (AvgIpc) is 1.96. The molecule has 1 aromatic heterocycles. The van der Waals surface area contributed by atoms with Crippen LogP contribution in [0.5, 0.6) is 0 Å². The predicted molar refractivity (Wildman–Crippen MR) is 39.4 cm³/mol. The number of aromatic nitrogens is 2. The second-order valence-electron chi connectivity index (χ2n) is 2.15. The zero-order chi connectivity index (χ0) is 9.30. The van der Waals surface area contributed by atoms with Gasteiger partial charge in [0.1, 0.15) is 5.15 Å². The summed E-state index contributed by atoms with van der Waals surface area (Å²) in [5, 5.41) is 3.33. The van der Waals surface area contributed by atoms with Crippen LogP contribution in [0.1, 0.15) is 12.0 Å². The summed E-state index contributed by atoms with van der Waals surface area (Å²) in [4.78, 5) is 10.9. The van der Waals surface area contributed by atoms with E-state index in [4.69, 9.17) is 11.6 Å².